The molecule has 39 heavy (non-hydrogen) atoms. The summed E-state index contributed by atoms with van der Waals surface area (Å²) < 4.78 is 52.3. The van der Waals surface area contributed by atoms with Gasteiger partial charge in [0, 0.05) is 26.0 Å². The van der Waals surface area contributed by atoms with Crippen molar-refractivity contribution >= 4 is 28.9 Å². The second-order valence-electron chi connectivity index (χ2n) is 8.68. The van der Waals surface area contributed by atoms with Gasteiger partial charge in [0.05, 0.1) is 23.2 Å². The number of hydrazone groups is 1. The molecule has 8 nitrogen and oxygen atoms in total. The summed E-state index contributed by atoms with van der Waals surface area (Å²) in [6, 6.07) is 9.71. The van der Waals surface area contributed by atoms with Gasteiger partial charge in [0.1, 0.15) is 11.5 Å². The summed E-state index contributed by atoms with van der Waals surface area (Å²) in [4.78, 5) is 30.4. The van der Waals surface area contributed by atoms with Crippen LogP contribution in [0.1, 0.15) is 53.8 Å². The van der Waals surface area contributed by atoms with E-state index in [9.17, 15) is 22.8 Å². The molecular weight excluding hydrogens is 513 g/mol. The number of aromatic nitrogens is 1. The van der Waals surface area contributed by atoms with E-state index in [-0.39, 0.29) is 42.1 Å². The van der Waals surface area contributed by atoms with Crippen LogP contribution in [0.4, 0.5) is 24.5 Å². The summed E-state index contributed by atoms with van der Waals surface area (Å²) >= 11 is 0. The van der Waals surface area contributed by atoms with Crippen LogP contribution in [0, 0.1) is 12.8 Å². The molecular formula is C28H33F3N4O4. The fraction of sp³-hybridized carbons (Fsp3) is 0.357. The van der Waals surface area contributed by atoms with Gasteiger partial charge in [0.2, 0.25) is 18.2 Å². The van der Waals surface area contributed by atoms with E-state index in [2.05, 4.69) is 15.4 Å². The third-order valence-electron chi connectivity index (χ3n) is 5.67. The number of carbonyl (C=O) groups excluding carboxylic acids is 2. The first-order valence-corrected chi connectivity index (χ1v) is 12.5. The molecule has 1 N–H and O–H groups in total. The number of halogens is 3. The first-order chi connectivity index (χ1) is 18.5. The third kappa shape index (κ3) is 6.65. The van der Waals surface area contributed by atoms with Crippen molar-refractivity contribution in [3.8, 4) is 17.2 Å². The van der Waals surface area contributed by atoms with Crippen LogP contribution in [0.5, 0.6) is 5.75 Å². The minimum Gasteiger partial charge on any atom is -0.460 e. The zero-order valence-corrected chi connectivity index (χ0v) is 22.6. The number of aryl methyl sites for hydroxylation is 1. The average Bonchev–Trinajstić information content (AvgIpc) is 3.47. The SMILES string of the molecule is CC.CCC(F)Oc1ccc(N2N=C(C)C(C(=O)Nc3cccc(C(C)(F)F)c3)C2=O)cc1-c1ncc(C)o1.[HH]. The number of rotatable bonds is 8. The van der Waals surface area contributed by atoms with Crippen molar-refractivity contribution in [3.05, 3.63) is 60.0 Å². The third-order valence-corrected chi connectivity index (χ3v) is 5.67. The van der Waals surface area contributed by atoms with Gasteiger partial charge in [-0.05, 0) is 44.2 Å². The smallest absolute Gasteiger partial charge is 0.270 e. The number of nitrogens with one attached hydrogen (secondary N) is 1. The van der Waals surface area contributed by atoms with Gasteiger partial charge in [-0.15, -0.1) is 0 Å². The van der Waals surface area contributed by atoms with Gasteiger partial charge in [0.15, 0.2) is 5.92 Å². The first kappa shape index (κ1) is 29.4. The lowest BCUT2D eigenvalue weighted by molar-refractivity contribution is -0.127. The fourth-order valence-corrected chi connectivity index (χ4v) is 3.76. The molecule has 0 fully saturated rings. The predicted molar refractivity (Wildman–Crippen MR) is 145 cm³/mol. The highest BCUT2D eigenvalue weighted by atomic mass is 19.3. The fourth-order valence-electron chi connectivity index (χ4n) is 3.76. The molecule has 0 radical (unpaired) electrons. The van der Waals surface area contributed by atoms with Crippen molar-refractivity contribution in [1.82, 2.24) is 4.98 Å². The lowest BCUT2D eigenvalue weighted by Gasteiger charge is -2.18. The Labute approximate surface area is 226 Å². The Kier molecular flexibility index (Phi) is 9.15. The lowest BCUT2D eigenvalue weighted by atomic mass is 10.0. The number of nitrogens with zero attached hydrogens (tertiary/aromatic N) is 3. The maximum absolute atomic E-state index is 14.0. The molecule has 0 aliphatic carbocycles. The van der Waals surface area contributed by atoms with E-state index in [1.54, 1.807) is 13.8 Å². The van der Waals surface area contributed by atoms with Crippen molar-refractivity contribution in [2.45, 2.75) is 60.2 Å². The number of anilines is 2. The van der Waals surface area contributed by atoms with Crippen LogP contribution >= 0.6 is 0 Å². The van der Waals surface area contributed by atoms with Gasteiger partial charge in [0.25, 0.3) is 11.8 Å². The van der Waals surface area contributed by atoms with Gasteiger partial charge in [-0.25, -0.2) is 18.2 Å². The molecule has 1 aliphatic heterocycles. The number of hydrogen-bond acceptors (Lipinski definition) is 6. The van der Waals surface area contributed by atoms with Gasteiger partial charge in [-0.3, -0.25) is 9.59 Å². The Morgan fingerprint density at radius 2 is 1.95 bits per heavy atom. The molecule has 0 spiro atoms. The molecule has 3 aromatic rings. The Balaban J connectivity index is 0.00000183. The highest BCUT2D eigenvalue weighted by molar-refractivity contribution is 6.28. The quantitative estimate of drug-likeness (QED) is 0.304. The molecule has 2 aromatic carbocycles. The maximum Gasteiger partial charge on any atom is 0.270 e. The molecule has 2 heterocycles. The standard InChI is InChI=1S/C26H25F3N4O4.C2H6.H2/c1-5-21(27)37-20-10-9-18(12-19(20)24-30-13-14(2)36-24)33-25(35)22(15(3)32-33)23(34)31-17-8-6-7-16(11-17)26(4,28)29;1-2;/h6-13,21-22H,5H2,1-4H3,(H,31,34);1-2H3;1H. The number of hydrogen-bond donors (Lipinski definition) is 1. The monoisotopic (exact) mass is 546 g/mol. The number of amides is 2. The van der Waals surface area contributed by atoms with E-state index in [0.717, 1.165) is 18.0 Å². The molecule has 2 atom stereocenters. The van der Waals surface area contributed by atoms with Crippen LogP contribution in [0.3, 0.4) is 0 Å². The molecule has 0 saturated heterocycles. The molecule has 4 rings (SSSR count). The number of benzene rings is 2. The summed E-state index contributed by atoms with van der Waals surface area (Å²) in [6.07, 6.45) is 0.0507. The largest absolute Gasteiger partial charge is 0.460 e. The Morgan fingerprint density at radius 1 is 1.23 bits per heavy atom. The zero-order valence-electron chi connectivity index (χ0n) is 22.6. The minimum absolute atomic E-state index is 0. The van der Waals surface area contributed by atoms with Crippen molar-refractivity contribution in [3.63, 3.8) is 0 Å². The van der Waals surface area contributed by atoms with E-state index in [1.165, 1.54) is 49.5 Å². The van der Waals surface area contributed by atoms with E-state index >= 15 is 0 Å². The number of oxazole rings is 1. The second kappa shape index (κ2) is 12.1. The maximum atomic E-state index is 14.0. The molecule has 11 heteroatoms. The number of ether oxygens (including phenoxy) is 1. The zero-order chi connectivity index (χ0) is 28.9. The molecule has 2 amide bonds. The van der Waals surface area contributed by atoms with Gasteiger partial charge in [-0.2, -0.15) is 10.1 Å². The summed E-state index contributed by atoms with van der Waals surface area (Å²) in [5.41, 5.74) is 0.640. The number of carbonyl (C=O) groups is 2. The predicted octanol–water partition coefficient (Wildman–Crippen LogP) is 7.10. The van der Waals surface area contributed by atoms with Crippen LogP contribution in [0.15, 0.2) is 58.2 Å². The summed E-state index contributed by atoms with van der Waals surface area (Å²) in [6.45, 7) is 9.60. The van der Waals surface area contributed by atoms with E-state index in [1.807, 2.05) is 13.8 Å². The van der Waals surface area contributed by atoms with E-state index < -0.39 is 30.0 Å². The number of alkyl halides is 3. The van der Waals surface area contributed by atoms with Crippen LogP contribution < -0.4 is 15.1 Å². The average molecular weight is 547 g/mol. The highest BCUT2D eigenvalue weighted by Crippen LogP contribution is 2.36. The summed E-state index contributed by atoms with van der Waals surface area (Å²) in [5.74, 6) is -4.88. The van der Waals surface area contributed by atoms with E-state index in [4.69, 9.17) is 9.15 Å². The minimum atomic E-state index is -3.09. The Morgan fingerprint density at radius 3 is 2.56 bits per heavy atom. The first-order valence-electron chi connectivity index (χ1n) is 12.5. The van der Waals surface area contributed by atoms with Crippen LogP contribution in [-0.4, -0.2) is 28.9 Å². The molecule has 0 bridgehead atoms. The van der Waals surface area contributed by atoms with Crippen LogP contribution in [0.25, 0.3) is 11.5 Å². The topological polar surface area (TPSA) is 97.0 Å². The van der Waals surface area contributed by atoms with E-state index in [0.29, 0.717) is 11.3 Å². The Bertz CT molecular complexity index is 1370. The molecule has 1 aliphatic rings. The van der Waals surface area contributed by atoms with Crippen molar-refractivity contribution in [2.24, 2.45) is 11.0 Å². The van der Waals surface area contributed by atoms with Crippen LogP contribution in [0.2, 0.25) is 0 Å². The normalized spacial score (nSPS) is 15.8. The van der Waals surface area contributed by atoms with Crippen molar-refractivity contribution < 1.29 is 33.3 Å². The summed E-state index contributed by atoms with van der Waals surface area (Å²) in [5, 5.41) is 7.81. The Hall–Kier alpha value is -4.15. The van der Waals surface area contributed by atoms with Gasteiger partial charge in [-0.1, -0.05) is 32.9 Å². The van der Waals surface area contributed by atoms with Crippen molar-refractivity contribution in [1.29, 1.82) is 0 Å². The lowest BCUT2D eigenvalue weighted by Crippen LogP contribution is -2.36. The van der Waals surface area contributed by atoms with Gasteiger partial charge >= 0.3 is 0 Å². The second-order valence-corrected chi connectivity index (χ2v) is 8.68. The van der Waals surface area contributed by atoms with Crippen LogP contribution in [-0.2, 0) is 15.5 Å². The summed E-state index contributed by atoms with van der Waals surface area (Å²) in [7, 11) is 0. The molecule has 2 unspecified atom stereocenters. The molecule has 0 saturated carbocycles. The molecule has 210 valence electrons. The highest BCUT2D eigenvalue weighted by Gasteiger charge is 2.40. The molecule has 1 aromatic heterocycles. The van der Waals surface area contributed by atoms with Gasteiger partial charge < -0.3 is 14.5 Å². The van der Waals surface area contributed by atoms with Crippen molar-refractivity contribution in [2.75, 3.05) is 10.3 Å².